The van der Waals surface area contributed by atoms with Crippen molar-refractivity contribution in [3.63, 3.8) is 0 Å². The van der Waals surface area contributed by atoms with Crippen LogP contribution < -0.4 is 0 Å². The number of hydrogen-bond acceptors (Lipinski definition) is 3. The van der Waals surface area contributed by atoms with Gasteiger partial charge in [0, 0.05) is 42.6 Å². The van der Waals surface area contributed by atoms with Gasteiger partial charge in [-0.2, -0.15) is 13.2 Å². The lowest BCUT2D eigenvalue weighted by Crippen LogP contribution is -2.66. The number of alkyl halides is 3. The predicted octanol–water partition coefficient (Wildman–Crippen LogP) is 4.52. The van der Waals surface area contributed by atoms with E-state index in [2.05, 4.69) is 18.8 Å². The van der Waals surface area contributed by atoms with E-state index in [-0.39, 0.29) is 29.0 Å². The first kappa shape index (κ1) is 20.2. The number of imidazole rings is 1. The molecule has 2 heterocycles. The van der Waals surface area contributed by atoms with Crippen molar-refractivity contribution in [3.05, 3.63) is 29.6 Å². The zero-order valence-electron chi connectivity index (χ0n) is 17.2. The van der Waals surface area contributed by atoms with Crippen LogP contribution in [-0.2, 0) is 10.9 Å². The van der Waals surface area contributed by atoms with E-state index < -0.39 is 18.0 Å². The minimum Gasteiger partial charge on any atom is -0.377 e. The molecule has 29 heavy (non-hydrogen) atoms. The van der Waals surface area contributed by atoms with Crippen LogP contribution in [0.3, 0.4) is 0 Å². The van der Waals surface area contributed by atoms with Gasteiger partial charge in [-0.1, -0.05) is 13.8 Å². The van der Waals surface area contributed by atoms with Crippen LogP contribution in [0.15, 0.2) is 18.2 Å². The van der Waals surface area contributed by atoms with Gasteiger partial charge < -0.3 is 14.2 Å². The highest BCUT2D eigenvalue weighted by molar-refractivity contribution is 5.97. The number of rotatable bonds is 3. The maximum Gasteiger partial charge on any atom is 0.449 e. The summed E-state index contributed by atoms with van der Waals surface area (Å²) in [5.41, 5.74) is 0.749. The molecule has 1 saturated carbocycles. The van der Waals surface area contributed by atoms with Crippen molar-refractivity contribution in [2.24, 2.45) is 11.3 Å². The van der Waals surface area contributed by atoms with Crippen LogP contribution in [0.4, 0.5) is 13.2 Å². The van der Waals surface area contributed by atoms with E-state index in [9.17, 15) is 18.0 Å². The quantitative estimate of drug-likeness (QED) is 0.749. The van der Waals surface area contributed by atoms with Crippen LogP contribution in [-0.4, -0.2) is 46.2 Å². The van der Waals surface area contributed by atoms with Crippen molar-refractivity contribution >= 4 is 16.9 Å². The number of halogens is 3. The normalized spacial score (nSPS) is 25.9. The SMILES string of the molecule is CC(C)n1c(C(F)(F)F)nc2cc(C(=O)N(C)[C@@H]3[C@H]4CCO[C@H]4C3(C)C)ccc21. The Morgan fingerprint density at radius 1 is 1.34 bits per heavy atom. The molecule has 0 radical (unpaired) electrons. The number of ether oxygens (including phenoxy) is 1. The molecule has 3 atom stereocenters. The zero-order valence-corrected chi connectivity index (χ0v) is 17.2. The summed E-state index contributed by atoms with van der Waals surface area (Å²) in [5, 5.41) is 0. The van der Waals surface area contributed by atoms with E-state index in [4.69, 9.17) is 4.74 Å². The Kier molecular flexibility index (Phi) is 4.49. The number of amides is 1. The Morgan fingerprint density at radius 3 is 2.66 bits per heavy atom. The lowest BCUT2D eigenvalue weighted by molar-refractivity contribution is -0.147. The minimum atomic E-state index is -4.56. The number of nitrogens with zero attached hydrogens (tertiary/aromatic N) is 3. The fraction of sp³-hybridized carbons (Fsp3) is 0.619. The Balaban J connectivity index is 1.68. The van der Waals surface area contributed by atoms with Gasteiger partial charge in [0.2, 0.25) is 5.82 Å². The summed E-state index contributed by atoms with van der Waals surface area (Å²) >= 11 is 0. The highest BCUT2D eigenvalue weighted by Gasteiger charge is 2.61. The topological polar surface area (TPSA) is 47.4 Å². The van der Waals surface area contributed by atoms with E-state index >= 15 is 0 Å². The van der Waals surface area contributed by atoms with Crippen LogP contribution >= 0.6 is 0 Å². The lowest BCUT2D eigenvalue weighted by atomic mass is 9.56. The molecule has 1 aromatic carbocycles. The minimum absolute atomic E-state index is 0.0390. The molecule has 4 rings (SSSR count). The molecule has 1 amide bonds. The van der Waals surface area contributed by atoms with Crippen molar-refractivity contribution in [3.8, 4) is 0 Å². The molecule has 5 nitrogen and oxygen atoms in total. The molecule has 1 aliphatic heterocycles. The van der Waals surface area contributed by atoms with Crippen LogP contribution in [0.5, 0.6) is 0 Å². The average molecular weight is 409 g/mol. The van der Waals surface area contributed by atoms with Gasteiger partial charge in [0.15, 0.2) is 0 Å². The summed E-state index contributed by atoms with van der Waals surface area (Å²) in [6.07, 6.45) is -3.48. The van der Waals surface area contributed by atoms with E-state index in [1.807, 2.05) is 0 Å². The fourth-order valence-corrected chi connectivity index (χ4v) is 5.37. The average Bonchev–Trinajstić information content (AvgIpc) is 3.22. The monoisotopic (exact) mass is 409 g/mol. The van der Waals surface area contributed by atoms with Gasteiger partial charge in [-0.3, -0.25) is 4.79 Å². The molecular formula is C21H26F3N3O2. The number of carbonyl (C=O) groups excluding carboxylic acids is 1. The van der Waals surface area contributed by atoms with Crippen molar-refractivity contribution in [2.45, 2.75) is 58.5 Å². The molecule has 1 aromatic heterocycles. The third-order valence-corrected chi connectivity index (χ3v) is 6.48. The Bertz CT molecular complexity index is 964. The van der Waals surface area contributed by atoms with Gasteiger partial charge >= 0.3 is 6.18 Å². The van der Waals surface area contributed by atoms with Crippen molar-refractivity contribution in [1.29, 1.82) is 0 Å². The fourth-order valence-electron chi connectivity index (χ4n) is 5.37. The molecule has 158 valence electrons. The first-order valence-corrected chi connectivity index (χ1v) is 9.92. The van der Waals surface area contributed by atoms with Crippen LogP contribution in [0, 0.1) is 11.3 Å². The number of aromatic nitrogens is 2. The van der Waals surface area contributed by atoms with E-state index in [1.165, 1.54) is 10.6 Å². The van der Waals surface area contributed by atoms with Gasteiger partial charge in [-0.05, 0) is 38.5 Å². The van der Waals surface area contributed by atoms with E-state index in [0.717, 1.165) is 6.42 Å². The maximum atomic E-state index is 13.4. The van der Waals surface area contributed by atoms with Gasteiger partial charge in [-0.25, -0.2) is 4.98 Å². The molecule has 0 spiro atoms. The standard InChI is InChI=1S/C21H26F3N3O2/c1-11(2)27-15-7-6-12(10-14(15)25-19(27)21(22,23)24)18(28)26(5)16-13-8-9-29-17(13)20(16,3)4/h6-7,10-11,13,16-17H,8-9H2,1-5H3/t13-,16-,17-/m1/s1. The number of benzene rings is 1. The summed E-state index contributed by atoms with van der Waals surface area (Å²) in [7, 11) is 1.77. The van der Waals surface area contributed by atoms with E-state index in [1.54, 1.807) is 37.9 Å². The lowest BCUT2D eigenvalue weighted by Gasteiger charge is -2.57. The molecule has 1 aliphatic carbocycles. The molecule has 1 saturated heterocycles. The third kappa shape index (κ3) is 2.95. The first-order chi connectivity index (χ1) is 13.4. The second-order valence-corrected chi connectivity index (χ2v) is 9.03. The van der Waals surface area contributed by atoms with E-state index in [0.29, 0.717) is 23.6 Å². The molecule has 2 fully saturated rings. The molecule has 8 heteroatoms. The van der Waals surface area contributed by atoms with Crippen molar-refractivity contribution in [1.82, 2.24) is 14.5 Å². The third-order valence-electron chi connectivity index (χ3n) is 6.48. The molecule has 0 unspecified atom stereocenters. The smallest absolute Gasteiger partial charge is 0.377 e. The van der Waals surface area contributed by atoms with Gasteiger partial charge in [0.25, 0.3) is 5.91 Å². The maximum absolute atomic E-state index is 13.4. The van der Waals surface area contributed by atoms with Crippen molar-refractivity contribution in [2.75, 3.05) is 13.7 Å². The first-order valence-electron chi connectivity index (χ1n) is 9.92. The molecule has 0 N–H and O–H groups in total. The van der Waals surface area contributed by atoms with Crippen LogP contribution in [0.2, 0.25) is 0 Å². The van der Waals surface area contributed by atoms with Gasteiger partial charge in [0.05, 0.1) is 17.1 Å². The molecule has 2 aliphatic rings. The summed E-state index contributed by atoms with van der Waals surface area (Å²) in [4.78, 5) is 18.7. The summed E-state index contributed by atoms with van der Waals surface area (Å²) in [6.45, 7) is 8.26. The molecule has 2 aromatic rings. The van der Waals surface area contributed by atoms with Crippen LogP contribution in [0.1, 0.15) is 56.3 Å². The Hall–Kier alpha value is -2.09. The predicted molar refractivity (Wildman–Crippen MR) is 103 cm³/mol. The van der Waals surface area contributed by atoms with Gasteiger partial charge in [0.1, 0.15) is 0 Å². The molecule has 0 bridgehead atoms. The van der Waals surface area contributed by atoms with Gasteiger partial charge in [-0.15, -0.1) is 0 Å². The Labute approximate surface area is 167 Å². The summed E-state index contributed by atoms with van der Waals surface area (Å²) in [5.74, 6) is -0.839. The Morgan fingerprint density at radius 2 is 2.03 bits per heavy atom. The second kappa shape index (κ2) is 6.45. The highest BCUT2D eigenvalue weighted by atomic mass is 19.4. The number of carbonyl (C=O) groups is 1. The van der Waals surface area contributed by atoms with Crippen molar-refractivity contribution < 1.29 is 22.7 Å². The van der Waals surface area contributed by atoms with Crippen LogP contribution in [0.25, 0.3) is 11.0 Å². The summed E-state index contributed by atoms with van der Waals surface area (Å²) in [6, 6.07) is 4.26. The number of fused-ring (bicyclic) bond motifs is 2. The largest absolute Gasteiger partial charge is 0.449 e. The second-order valence-electron chi connectivity index (χ2n) is 9.03. The summed E-state index contributed by atoms with van der Waals surface area (Å²) < 4.78 is 47.3. The number of hydrogen-bond donors (Lipinski definition) is 0. The highest BCUT2D eigenvalue weighted by Crippen LogP contribution is 2.54. The molecular weight excluding hydrogens is 383 g/mol. The zero-order chi connectivity index (χ0) is 21.3.